The SMILES string of the molecule is C=C1CC(C)(C)C=C(N2CSc3ccccc32)C1=O. The molecule has 0 saturated heterocycles. The molecule has 0 unspecified atom stereocenters. The molecule has 1 aliphatic heterocycles. The van der Waals surface area contributed by atoms with E-state index in [1.54, 1.807) is 11.8 Å². The summed E-state index contributed by atoms with van der Waals surface area (Å²) in [6, 6.07) is 8.24. The molecule has 0 aromatic heterocycles. The van der Waals surface area contributed by atoms with Crippen LogP contribution < -0.4 is 4.90 Å². The van der Waals surface area contributed by atoms with Gasteiger partial charge in [-0.15, -0.1) is 11.8 Å². The molecule has 0 atom stereocenters. The molecule has 19 heavy (non-hydrogen) atoms. The van der Waals surface area contributed by atoms with Gasteiger partial charge in [0.25, 0.3) is 0 Å². The fourth-order valence-corrected chi connectivity index (χ4v) is 3.75. The van der Waals surface area contributed by atoms with Crippen LogP contribution in [0.4, 0.5) is 5.69 Å². The van der Waals surface area contributed by atoms with Crippen LogP contribution in [0, 0.1) is 5.41 Å². The highest BCUT2D eigenvalue weighted by atomic mass is 32.2. The van der Waals surface area contributed by atoms with E-state index in [-0.39, 0.29) is 11.2 Å². The molecule has 1 aromatic rings. The van der Waals surface area contributed by atoms with E-state index < -0.39 is 0 Å². The van der Waals surface area contributed by atoms with Crippen LogP contribution in [0.15, 0.2) is 53.1 Å². The third kappa shape index (κ3) is 2.12. The topological polar surface area (TPSA) is 20.3 Å². The summed E-state index contributed by atoms with van der Waals surface area (Å²) in [5.41, 5.74) is 2.65. The molecule has 2 aliphatic rings. The van der Waals surface area contributed by atoms with E-state index in [4.69, 9.17) is 0 Å². The average molecular weight is 271 g/mol. The summed E-state index contributed by atoms with van der Waals surface area (Å²) in [4.78, 5) is 15.8. The number of benzene rings is 1. The molecular formula is C16H17NOS. The van der Waals surface area contributed by atoms with Gasteiger partial charge in [-0.25, -0.2) is 0 Å². The van der Waals surface area contributed by atoms with Crippen molar-refractivity contribution >= 4 is 23.2 Å². The summed E-state index contributed by atoms with van der Waals surface area (Å²) >= 11 is 1.78. The molecule has 2 nitrogen and oxygen atoms in total. The zero-order chi connectivity index (χ0) is 13.6. The second-order valence-corrected chi connectivity index (χ2v) is 6.78. The van der Waals surface area contributed by atoms with Gasteiger partial charge in [0, 0.05) is 4.90 Å². The van der Waals surface area contributed by atoms with Crippen LogP contribution >= 0.6 is 11.8 Å². The van der Waals surface area contributed by atoms with E-state index in [1.165, 1.54) is 4.90 Å². The Kier molecular flexibility index (Phi) is 2.82. The second-order valence-electron chi connectivity index (χ2n) is 5.80. The monoisotopic (exact) mass is 271 g/mol. The van der Waals surface area contributed by atoms with Crippen molar-refractivity contribution in [3.63, 3.8) is 0 Å². The van der Waals surface area contributed by atoms with Gasteiger partial charge in [0.05, 0.1) is 17.3 Å². The second kappa shape index (κ2) is 4.27. The predicted octanol–water partition coefficient (Wildman–Crippen LogP) is 4.00. The van der Waals surface area contributed by atoms with E-state index in [1.807, 2.05) is 12.1 Å². The molecule has 1 aliphatic carbocycles. The minimum Gasteiger partial charge on any atom is -0.327 e. The lowest BCUT2D eigenvalue weighted by atomic mass is 9.78. The lowest BCUT2D eigenvalue weighted by Crippen LogP contribution is -2.32. The van der Waals surface area contributed by atoms with Crippen LogP contribution in [-0.4, -0.2) is 11.7 Å². The quantitative estimate of drug-likeness (QED) is 0.720. The van der Waals surface area contributed by atoms with Gasteiger partial charge in [-0.05, 0) is 29.5 Å². The van der Waals surface area contributed by atoms with Crippen molar-refractivity contribution in [3.05, 3.63) is 48.2 Å². The highest BCUT2D eigenvalue weighted by Crippen LogP contribution is 2.43. The van der Waals surface area contributed by atoms with Crippen LogP contribution in [0.5, 0.6) is 0 Å². The Bertz CT molecular complexity index is 601. The number of hydrogen-bond acceptors (Lipinski definition) is 3. The van der Waals surface area contributed by atoms with Crippen LogP contribution in [0.2, 0.25) is 0 Å². The fraction of sp³-hybridized carbons (Fsp3) is 0.312. The number of carbonyl (C=O) groups excluding carboxylic acids is 1. The van der Waals surface area contributed by atoms with E-state index in [0.717, 1.165) is 29.3 Å². The Morgan fingerprint density at radius 3 is 2.84 bits per heavy atom. The first-order valence-corrected chi connectivity index (χ1v) is 7.41. The Hall–Kier alpha value is -1.48. The predicted molar refractivity (Wildman–Crippen MR) is 80.3 cm³/mol. The van der Waals surface area contributed by atoms with Gasteiger partial charge in [0.1, 0.15) is 0 Å². The van der Waals surface area contributed by atoms with Crippen LogP contribution in [0.3, 0.4) is 0 Å². The number of thioether (sulfide) groups is 1. The number of hydrogen-bond donors (Lipinski definition) is 0. The van der Waals surface area contributed by atoms with Crippen molar-refractivity contribution < 1.29 is 4.79 Å². The molecule has 0 fully saturated rings. The number of carbonyl (C=O) groups is 1. The Morgan fingerprint density at radius 1 is 1.32 bits per heavy atom. The average Bonchev–Trinajstić information content (AvgIpc) is 2.77. The van der Waals surface area contributed by atoms with Crippen molar-refractivity contribution in [3.8, 4) is 0 Å². The summed E-state index contributed by atoms with van der Waals surface area (Å²) in [5.74, 6) is 0.900. The van der Waals surface area contributed by atoms with Crippen molar-refractivity contribution in [1.29, 1.82) is 0 Å². The van der Waals surface area contributed by atoms with Crippen LogP contribution in [0.1, 0.15) is 20.3 Å². The van der Waals surface area contributed by atoms with Gasteiger partial charge < -0.3 is 4.90 Å². The molecule has 3 rings (SSSR count). The van der Waals surface area contributed by atoms with Crippen molar-refractivity contribution in [1.82, 2.24) is 0 Å². The summed E-state index contributed by atoms with van der Waals surface area (Å²) in [7, 11) is 0. The first-order chi connectivity index (χ1) is 8.98. The number of fused-ring (bicyclic) bond motifs is 1. The summed E-state index contributed by atoms with van der Waals surface area (Å²) in [6.07, 6.45) is 2.85. The number of anilines is 1. The summed E-state index contributed by atoms with van der Waals surface area (Å²) < 4.78 is 0. The van der Waals surface area contributed by atoms with Gasteiger partial charge in [-0.3, -0.25) is 4.79 Å². The smallest absolute Gasteiger partial charge is 0.204 e. The Balaban J connectivity index is 2.05. The Labute approximate surface area is 118 Å². The molecule has 0 radical (unpaired) electrons. The third-order valence-corrected chi connectivity index (χ3v) is 4.59. The van der Waals surface area contributed by atoms with Crippen LogP contribution in [0.25, 0.3) is 0 Å². The molecule has 3 heteroatoms. The molecule has 0 saturated carbocycles. The minimum atomic E-state index is 0.00251. The first kappa shape index (κ1) is 12.5. The number of Topliss-reactive ketones (excluding diaryl/α,β-unsaturated/α-hetero) is 1. The zero-order valence-corrected chi connectivity index (χ0v) is 12.1. The summed E-state index contributed by atoms with van der Waals surface area (Å²) in [5, 5.41) is 0. The molecular weight excluding hydrogens is 254 g/mol. The van der Waals surface area contributed by atoms with Gasteiger partial charge in [0.15, 0.2) is 0 Å². The summed E-state index contributed by atoms with van der Waals surface area (Å²) in [6.45, 7) is 8.25. The highest BCUT2D eigenvalue weighted by Gasteiger charge is 2.34. The molecule has 0 N–H and O–H groups in total. The fourth-order valence-electron chi connectivity index (χ4n) is 2.70. The van der Waals surface area contributed by atoms with Gasteiger partial charge in [-0.2, -0.15) is 0 Å². The first-order valence-electron chi connectivity index (χ1n) is 6.43. The number of nitrogens with zero attached hydrogens (tertiary/aromatic N) is 1. The lowest BCUT2D eigenvalue weighted by Gasteiger charge is -2.32. The zero-order valence-electron chi connectivity index (χ0n) is 11.3. The normalized spacial score (nSPS) is 21.4. The van der Waals surface area contributed by atoms with Crippen molar-refractivity contribution in [2.45, 2.75) is 25.2 Å². The molecule has 1 heterocycles. The standard InChI is InChI=1S/C16H17NOS/c1-11-8-16(2,3)9-13(15(11)18)17-10-19-14-7-5-4-6-12(14)17/h4-7,9H,1,8,10H2,2-3H3. The van der Waals surface area contributed by atoms with Gasteiger partial charge >= 0.3 is 0 Å². The van der Waals surface area contributed by atoms with Crippen molar-refractivity contribution in [2.24, 2.45) is 5.41 Å². The number of allylic oxidation sites excluding steroid dienone is 2. The molecule has 98 valence electrons. The highest BCUT2D eigenvalue weighted by molar-refractivity contribution is 7.99. The lowest BCUT2D eigenvalue weighted by molar-refractivity contribution is -0.113. The Morgan fingerprint density at radius 2 is 2.05 bits per heavy atom. The maximum atomic E-state index is 12.4. The van der Waals surface area contributed by atoms with E-state index in [0.29, 0.717) is 0 Å². The van der Waals surface area contributed by atoms with Gasteiger partial charge in [0.2, 0.25) is 5.78 Å². The van der Waals surface area contributed by atoms with E-state index in [2.05, 4.69) is 43.5 Å². The molecule has 0 bridgehead atoms. The number of rotatable bonds is 1. The largest absolute Gasteiger partial charge is 0.327 e. The maximum Gasteiger partial charge on any atom is 0.204 e. The number of ketones is 1. The van der Waals surface area contributed by atoms with Gasteiger partial charge in [-0.1, -0.05) is 38.6 Å². The minimum absolute atomic E-state index is 0.00251. The van der Waals surface area contributed by atoms with E-state index >= 15 is 0 Å². The molecule has 0 spiro atoms. The maximum absolute atomic E-state index is 12.4. The van der Waals surface area contributed by atoms with Crippen molar-refractivity contribution in [2.75, 3.05) is 10.8 Å². The van der Waals surface area contributed by atoms with E-state index in [9.17, 15) is 4.79 Å². The van der Waals surface area contributed by atoms with Crippen LogP contribution in [-0.2, 0) is 4.79 Å². The molecule has 0 amide bonds. The molecule has 1 aromatic carbocycles. The number of para-hydroxylation sites is 1. The third-order valence-electron chi connectivity index (χ3n) is 3.55.